The van der Waals surface area contributed by atoms with E-state index >= 15 is 4.39 Å². The van der Waals surface area contributed by atoms with E-state index in [0.717, 1.165) is 71.5 Å². The van der Waals surface area contributed by atoms with Crippen molar-refractivity contribution >= 4 is 23.0 Å². The molecule has 1 heterocycles. The molecule has 1 amide bonds. The molecule has 3 aromatic rings. The number of benzene rings is 3. The van der Waals surface area contributed by atoms with Gasteiger partial charge in [0.25, 0.3) is 0 Å². The van der Waals surface area contributed by atoms with Crippen molar-refractivity contribution in [2.45, 2.75) is 38.7 Å². The molecule has 5 rings (SSSR count). The van der Waals surface area contributed by atoms with Gasteiger partial charge < -0.3 is 14.7 Å². The number of carbonyl (C=O) groups excluding carboxylic acids is 1. The quantitative estimate of drug-likeness (QED) is 0.327. The van der Waals surface area contributed by atoms with Crippen molar-refractivity contribution < 1.29 is 23.8 Å². The summed E-state index contributed by atoms with van der Waals surface area (Å²) < 4.78 is 21.6. The Morgan fingerprint density at radius 3 is 2.52 bits per heavy atom. The van der Waals surface area contributed by atoms with E-state index in [9.17, 15) is 14.7 Å². The predicted molar refractivity (Wildman–Crippen MR) is 163 cm³/mol. The summed E-state index contributed by atoms with van der Waals surface area (Å²) in [5.74, 6) is -0.464. The maximum absolute atomic E-state index is 15.3. The van der Waals surface area contributed by atoms with Crippen LogP contribution in [0.2, 0.25) is 0 Å². The first-order valence-electron chi connectivity index (χ1n) is 14.4. The van der Waals surface area contributed by atoms with Crippen LogP contribution in [-0.2, 0) is 11.2 Å². The zero-order chi connectivity index (χ0) is 29.8. The summed E-state index contributed by atoms with van der Waals surface area (Å²) >= 11 is 0. The van der Waals surface area contributed by atoms with Gasteiger partial charge in [0.05, 0.1) is 5.56 Å². The number of fused-ring (bicyclic) bond motifs is 1. The fourth-order valence-electron chi connectivity index (χ4n) is 5.79. The molecule has 42 heavy (non-hydrogen) atoms. The molecule has 1 aliphatic carbocycles. The average Bonchev–Trinajstić information content (AvgIpc) is 3.31. The van der Waals surface area contributed by atoms with Crippen LogP contribution in [0, 0.1) is 12.7 Å². The lowest BCUT2D eigenvalue weighted by Gasteiger charge is -2.19. The molecule has 1 aliphatic heterocycles. The van der Waals surface area contributed by atoms with Crippen LogP contribution in [-0.4, -0.2) is 66.6 Å². The fraction of sp³-hybridized carbons (Fsp3) is 0.314. The molecule has 1 atom stereocenters. The molecule has 218 valence electrons. The Bertz CT molecular complexity index is 1540. The summed E-state index contributed by atoms with van der Waals surface area (Å²) in [4.78, 5) is 27.3. The summed E-state index contributed by atoms with van der Waals surface area (Å²) in [6.07, 6.45) is 6.64. The number of rotatable bonds is 8. The average molecular weight is 569 g/mol. The standard InChI is InChI=1S/C35H37FN2O4/c1-23-9-15-30(32(36)20-23)31-7-4-6-25-21-26(35(40)41)12-16-29(25)34(31)24-10-13-27(14-11-24)42-28-17-19-38(22-28)18-5-8-33(39)37(2)3/h5,8-16,20-21,28H,4,6-7,17-19,22H2,1-3H3,(H,40,41)/b8-5+/t28-/m0/s1. The molecule has 0 saturated carbocycles. The minimum absolute atomic E-state index is 0.0240. The number of likely N-dealkylation sites (tertiary alicyclic amines) is 1. The van der Waals surface area contributed by atoms with Crippen molar-refractivity contribution in [3.63, 3.8) is 0 Å². The van der Waals surface area contributed by atoms with Crippen LogP contribution in [0.3, 0.4) is 0 Å². The van der Waals surface area contributed by atoms with E-state index < -0.39 is 5.97 Å². The Kier molecular flexibility index (Phi) is 8.88. The number of likely N-dealkylation sites (N-methyl/N-ethyl adjacent to an activating group) is 1. The summed E-state index contributed by atoms with van der Waals surface area (Å²) in [5.41, 5.74) is 6.39. The van der Waals surface area contributed by atoms with Gasteiger partial charge in [-0.25, -0.2) is 9.18 Å². The van der Waals surface area contributed by atoms with Gasteiger partial charge in [0, 0.05) is 45.4 Å². The first-order chi connectivity index (χ1) is 20.2. The molecular weight excluding hydrogens is 531 g/mol. The van der Waals surface area contributed by atoms with Gasteiger partial charge in [0.15, 0.2) is 0 Å². The Balaban J connectivity index is 1.41. The zero-order valence-corrected chi connectivity index (χ0v) is 24.4. The number of halogens is 1. The summed E-state index contributed by atoms with van der Waals surface area (Å²) in [7, 11) is 3.47. The number of aromatic carboxylic acids is 1. The first-order valence-corrected chi connectivity index (χ1v) is 14.4. The Morgan fingerprint density at radius 1 is 1.05 bits per heavy atom. The number of hydrogen-bond acceptors (Lipinski definition) is 4. The Hall–Kier alpha value is -4.23. The number of nitrogens with zero attached hydrogens (tertiary/aromatic N) is 2. The third-order valence-corrected chi connectivity index (χ3v) is 7.99. The molecule has 6 nitrogen and oxygen atoms in total. The Labute approximate surface area is 246 Å². The maximum Gasteiger partial charge on any atom is 0.335 e. The molecule has 0 unspecified atom stereocenters. The molecule has 0 bridgehead atoms. The summed E-state index contributed by atoms with van der Waals surface area (Å²) in [6.45, 7) is 4.26. The lowest BCUT2D eigenvalue weighted by molar-refractivity contribution is -0.123. The van der Waals surface area contributed by atoms with E-state index in [1.807, 2.05) is 55.5 Å². The number of hydrogen-bond donors (Lipinski definition) is 1. The van der Waals surface area contributed by atoms with E-state index in [4.69, 9.17) is 4.74 Å². The summed E-state index contributed by atoms with van der Waals surface area (Å²) in [5, 5.41) is 9.58. The van der Waals surface area contributed by atoms with Crippen LogP contribution in [0.25, 0.3) is 11.1 Å². The van der Waals surface area contributed by atoms with Crippen LogP contribution >= 0.6 is 0 Å². The van der Waals surface area contributed by atoms with Crippen molar-refractivity contribution in [1.29, 1.82) is 0 Å². The SMILES string of the molecule is Cc1ccc(C2=C(c3ccc(O[C@H]4CCN(C/C=C/C(=O)N(C)C)C4)cc3)c3ccc(C(=O)O)cc3CCC2)c(F)c1. The largest absolute Gasteiger partial charge is 0.489 e. The van der Waals surface area contributed by atoms with E-state index in [1.165, 1.54) is 0 Å². The van der Waals surface area contributed by atoms with E-state index in [-0.39, 0.29) is 23.4 Å². The molecular formula is C35H37FN2O4. The number of aryl methyl sites for hydroxylation is 2. The Morgan fingerprint density at radius 2 is 1.81 bits per heavy atom. The van der Waals surface area contributed by atoms with Crippen LogP contribution in [0.15, 0.2) is 72.8 Å². The second-order valence-electron chi connectivity index (χ2n) is 11.3. The van der Waals surface area contributed by atoms with Crippen molar-refractivity contribution in [2.75, 3.05) is 33.7 Å². The van der Waals surface area contributed by atoms with Crippen molar-refractivity contribution in [3.8, 4) is 5.75 Å². The second kappa shape index (κ2) is 12.7. The third-order valence-electron chi connectivity index (χ3n) is 7.99. The van der Waals surface area contributed by atoms with E-state index in [1.54, 1.807) is 43.3 Å². The number of carboxylic acids is 1. The number of carboxylic acid groups (broad SMARTS) is 1. The van der Waals surface area contributed by atoms with Gasteiger partial charge in [-0.3, -0.25) is 9.69 Å². The minimum atomic E-state index is -0.956. The number of ether oxygens (including phenoxy) is 1. The van der Waals surface area contributed by atoms with Gasteiger partial charge in [-0.2, -0.15) is 0 Å². The predicted octanol–water partition coefficient (Wildman–Crippen LogP) is 6.23. The molecule has 1 fully saturated rings. The third kappa shape index (κ3) is 6.63. The van der Waals surface area contributed by atoms with Crippen molar-refractivity contribution in [2.24, 2.45) is 0 Å². The van der Waals surface area contributed by atoms with E-state index in [0.29, 0.717) is 18.5 Å². The number of amides is 1. The molecule has 1 N–H and O–H groups in total. The van der Waals surface area contributed by atoms with Gasteiger partial charge in [0.2, 0.25) is 5.91 Å². The maximum atomic E-state index is 15.3. The number of carbonyl (C=O) groups is 2. The topological polar surface area (TPSA) is 70.1 Å². The summed E-state index contributed by atoms with van der Waals surface area (Å²) in [6, 6.07) is 18.5. The van der Waals surface area contributed by atoms with Gasteiger partial charge in [-0.05, 0) is 96.3 Å². The van der Waals surface area contributed by atoms with Crippen molar-refractivity contribution in [3.05, 3.63) is 112 Å². The van der Waals surface area contributed by atoms with Crippen LogP contribution in [0.1, 0.15) is 57.4 Å². The first kappa shape index (κ1) is 29.3. The highest BCUT2D eigenvalue weighted by molar-refractivity contribution is 6.00. The smallest absolute Gasteiger partial charge is 0.335 e. The van der Waals surface area contributed by atoms with E-state index in [2.05, 4.69) is 4.90 Å². The molecule has 7 heteroatoms. The molecule has 1 saturated heterocycles. The van der Waals surface area contributed by atoms with Crippen LogP contribution in [0.4, 0.5) is 4.39 Å². The molecule has 2 aliphatic rings. The van der Waals surface area contributed by atoms with Gasteiger partial charge in [0.1, 0.15) is 17.7 Å². The van der Waals surface area contributed by atoms with Crippen LogP contribution < -0.4 is 4.74 Å². The molecule has 3 aromatic carbocycles. The lowest BCUT2D eigenvalue weighted by atomic mass is 9.87. The monoisotopic (exact) mass is 568 g/mol. The zero-order valence-electron chi connectivity index (χ0n) is 24.4. The normalized spacial score (nSPS) is 17.3. The van der Waals surface area contributed by atoms with Gasteiger partial charge in [-0.1, -0.05) is 36.4 Å². The highest BCUT2D eigenvalue weighted by atomic mass is 19.1. The fourth-order valence-corrected chi connectivity index (χ4v) is 5.79. The highest BCUT2D eigenvalue weighted by Gasteiger charge is 2.25. The highest BCUT2D eigenvalue weighted by Crippen LogP contribution is 2.41. The molecule has 0 aromatic heterocycles. The molecule has 0 radical (unpaired) electrons. The minimum Gasteiger partial charge on any atom is -0.489 e. The number of allylic oxidation sites excluding steroid dienone is 1. The van der Waals surface area contributed by atoms with Crippen molar-refractivity contribution in [1.82, 2.24) is 9.80 Å². The van der Waals surface area contributed by atoms with Gasteiger partial charge >= 0.3 is 5.97 Å². The second-order valence-corrected chi connectivity index (χ2v) is 11.3. The molecule has 0 spiro atoms. The van der Waals surface area contributed by atoms with Gasteiger partial charge in [-0.15, -0.1) is 0 Å². The van der Waals surface area contributed by atoms with Crippen LogP contribution in [0.5, 0.6) is 5.75 Å². The lowest BCUT2D eigenvalue weighted by Crippen LogP contribution is -2.25.